The van der Waals surface area contributed by atoms with Crippen molar-refractivity contribution in [1.82, 2.24) is 0 Å². The lowest BCUT2D eigenvalue weighted by Gasteiger charge is -2.04. The number of benzene rings is 2. The van der Waals surface area contributed by atoms with Gasteiger partial charge in [-0.05, 0) is 41.8 Å². The lowest BCUT2D eigenvalue weighted by atomic mass is 10.0. The summed E-state index contributed by atoms with van der Waals surface area (Å²) in [6, 6.07) is 13.8. The molecule has 0 radical (unpaired) electrons. The number of hydrogen-bond donors (Lipinski definition) is 0. The van der Waals surface area contributed by atoms with E-state index in [2.05, 4.69) is 6.07 Å². The Morgan fingerprint density at radius 2 is 2.00 bits per heavy atom. The third-order valence-electron chi connectivity index (χ3n) is 2.96. The van der Waals surface area contributed by atoms with E-state index in [9.17, 15) is 4.79 Å². The molecule has 0 heterocycles. The molecule has 2 aromatic carbocycles. The summed E-state index contributed by atoms with van der Waals surface area (Å²) in [7, 11) is 0. The molecule has 0 N–H and O–H groups in total. The van der Waals surface area contributed by atoms with Crippen molar-refractivity contribution < 1.29 is 9.53 Å². The van der Waals surface area contributed by atoms with E-state index in [-0.39, 0.29) is 5.97 Å². The summed E-state index contributed by atoms with van der Waals surface area (Å²) in [6.45, 7) is 2.22. The van der Waals surface area contributed by atoms with Gasteiger partial charge in [-0.1, -0.05) is 24.3 Å². The quantitative estimate of drug-likeness (QED) is 0.786. The van der Waals surface area contributed by atoms with E-state index in [0.717, 1.165) is 16.3 Å². The van der Waals surface area contributed by atoms with Crippen LogP contribution < -0.4 is 0 Å². The SMILES string of the molecule is CCOC(=O)CCc1ccc2ccc(C#N)cc2c1. The van der Waals surface area contributed by atoms with Gasteiger partial charge in [-0.25, -0.2) is 0 Å². The molecule has 0 amide bonds. The average molecular weight is 253 g/mol. The Morgan fingerprint density at radius 3 is 2.74 bits per heavy atom. The van der Waals surface area contributed by atoms with Gasteiger partial charge in [-0.2, -0.15) is 5.26 Å². The van der Waals surface area contributed by atoms with Crippen LogP contribution in [0.5, 0.6) is 0 Å². The van der Waals surface area contributed by atoms with Gasteiger partial charge in [0.25, 0.3) is 0 Å². The van der Waals surface area contributed by atoms with E-state index in [1.54, 1.807) is 13.0 Å². The van der Waals surface area contributed by atoms with Gasteiger partial charge in [0, 0.05) is 6.42 Å². The highest BCUT2D eigenvalue weighted by molar-refractivity contribution is 5.84. The van der Waals surface area contributed by atoms with Gasteiger partial charge in [0.15, 0.2) is 0 Å². The molecule has 0 saturated carbocycles. The molecule has 0 fully saturated rings. The zero-order valence-corrected chi connectivity index (χ0v) is 10.8. The summed E-state index contributed by atoms with van der Waals surface area (Å²) in [5.74, 6) is -0.173. The van der Waals surface area contributed by atoms with Crippen molar-refractivity contribution in [2.45, 2.75) is 19.8 Å². The number of hydrogen-bond acceptors (Lipinski definition) is 3. The molecule has 0 aromatic heterocycles. The standard InChI is InChI=1S/C16H15NO2/c1-2-19-16(18)8-5-12-3-6-14-7-4-13(11-17)10-15(14)9-12/h3-4,6-7,9-10H,2,5,8H2,1H3. The number of rotatable bonds is 4. The van der Waals surface area contributed by atoms with E-state index < -0.39 is 0 Å². The smallest absolute Gasteiger partial charge is 0.306 e. The Kier molecular flexibility index (Phi) is 4.15. The number of fused-ring (bicyclic) bond motifs is 1. The number of carbonyl (C=O) groups excluding carboxylic acids is 1. The predicted molar refractivity (Wildman–Crippen MR) is 73.6 cm³/mol. The van der Waals surface area contributed by atoms with Crippen LogP contribution >= 0.6 is 0 Å². The van der Waals surface area contributed by atoms with Gasteiger partial charge >= 0.3 is 5.97 Å². The fourth-order valence-corrected chi connectivity index (χ4v) is 2.00. The summed E-state index contributed by atoms with van der Waals surface area (Å²) in [4.78, 5) is 11.3. The van der Waals surface area contributed by atoms with Crippen LogP contribution in [0, 0.1) is 11.3 Å². The van der Waals surface area contributed by atoms with E-state index >= 15 is 0 Å². The first-order valence-electron chi connectivity index (χ1n) is 6.31. The number of aryl methyl sites for hydroxylation is 1. The lowest BCUT2D eigenvalue weighted by molar-refractivity contribution is -0.143. The van der Waals surface area contributed by atoms with Gasteiger partial charge < -0.3 is 4.74 Å². The summed E-state index contributed by atoms with van der Waals surface area (Å²) in [5.41, 5.74) is 1.73. The molecular formula is C16H15NO2. The maximum Gasteiger partial charge on any atom is 0.306 e. The Bertz CT molecular complexity index is 641. The van der Waals surface area contributed by atoms with Gasteiger partial charge in [-0.3, -0.25) is 4.79 Å². The number of nitriles is 1. The fraction of sp³-hybridized carbons (Fsp3) is 0.250. The predicted octanol–water partition coefficient (Wildman–Crippen LogP) is 3.21. The highest BCUT2D eigenvalue weighted by Crippen LogP contribution is 2.18. The molecule has 0 saturated heterocycles. The second-order valence-corrected chi connectivity index (χ2v) is 4.31. The monoisotopic (exact) mass is 253 g/mol. The summed E-state index contributed by atoms with van der Waals surface area (Å²) < 4.78 is 4.91. The molecule has 3 heteroatoms. The van der Waals surface area contributed by atoms with Crippen LogP contribution in [0.3, 0.4) is 0 Å². The minimum Gasteiger partial charge on any atom is -0.466 e. The van der Waals surface area contributed by atoms with Crippen LogP contribution in [0.1, 0.15) is 24.5 Å². The first-order chi connectivity index (χ1) is 9.22. The van der Waals surface area contributed by atoms with Crippen LogP contribution in [-0.2, 0) is 16.0 Å². The second kappa shape index (κ2) is 6.01. The second-order valence-electron chi connectivity index (χ2n) is 4.31. The van der Waals surface area contributed by atoms with Gasteiger partial charge in [-0.15, -0.1) is 0 Å². The number of esters is 1. The molecule has 2 rings (SSSR count). The number of nitrogens with zero attached hydrogens (tertiary/aromatic N) is 1. The first-order valence-corrected chi connectivity index (χ1v) is 6.31. The molecule has 96 valence electrons. The van der Waals surface area contributed by atoms with E-state index in [0.29, 0.717) is 25.0 Å². The number of carbonyl (C=O) groups is 1. The Labute approximate surface area is 112 Å². The molecule has 2 aromatic rings. The van der Waals surface area contributed by atoms with Crippen molar-refractivity contribution in [3.8, 4) is 6.07 Å². The maximum absolute atomic E-state index is 11.3. The molecule has 0 atom stereocenters. The molecule has 0 spiro atoms. The highest BCUT2D eigenvalue weighted by atomic mass is 16.5. The van der Waals surface area contributed by atoms with Crippen LogP contribution in [0.15, 0.2) is 36.4 Å². The highest BCUT2D eigenvalue weighted by Gasteiger charge is 2.04. The Balaban J connectivity index is 2.16. The molecule has 0 aliphatic rings. The molecule has 0 aliphatic carbocycles. The number of ether oxygens (including phenoxy) is 1. The minimum absolute atomic E-state index is 0.173. The third kappa shape index (κ3) is 3.32. The van der Waals surface area contributed by atoms with Crippen molar-refractivity contribution in [3.63, 3.8) is 0 Å². The van der Waals surface area contributed by atoms with E-state index in [1.807, 2.05) is 30.3 Å². The van der Waals surface area contributed by atoms with Gasteiger partial charge in [0.05, 0.1) is 18.2 Å². The van der Waals surface area contributed by atoms with Crippen molar-refractivity contribution in [1.29, 1.82) is 5.26 Å². The first kappa shape index (κ1) is 13.1. The van der Waals surface area contributed by atoms with Crippen molar-refractivity contribution in [3.05, 3.63) is 47.5 Å². The van der Waals surface area contributed by atoms with Crippen LogP contribution in [0.2, 0.25) is 0 Å². The fourth-order valence-electron chi connectivity index (χ4n) is 2.00. The van der Waals surface area contributed by atoms with Gasteiger partial charge in [0.1, 0.15) is 0 Å². The largest absolute Gasteiger partial charge is 0.466 e. The van der Waals surface area contributed by atoms with Crippen LogP contribution in [0.4, 0.5) is 0 Å². The van der Waals surface area contributed by atoms with Crippen molar-refractivity contribution in [2.75, 3.05) is 6.61 Å². The maximum atomic E-state index is 11.3. The molecule has 0 unspecified atom stereocenters. The zero-order chi connectivity index (χ0) is 13.7. The van der Waals surface area contributed by atoms with Crippen LogP contribution in [-0.4, -0.2) is 12.6 Å². The summed E-state index contributed by atoms with van der Waals surface area (Å²) in [5, 5.41) is 11.0. The average Bonchev–Trinajstić information content (AvgIpc) is 2.44. The third-order valence-corrected chi connectivity index (χ3v) is 2.96. The normalized spacial score (nSPS) is 10.1. The van der Waals surface area contributed by atoms with E-state index in [4.69, 9.17) is 10.00 Å². The Hall–Kier alpha value is -2.34. The van der Waals surface area contributed by atoms with Crippen molar-refractivity contribution >= 4 is 16.7 Å². The molecule has 0 aliphatic heterocycles. The topological polar surface area (TPSA) is 50.1 Å². The van der Waals surface area contributed by atoms with Crippen LogP contribution in [0.25, 0.3) is 10.8 Å². The zero-order valence-electron chi connectivity index (χ0n) is 10.8. The molecule has 19 heavy (non-hydrogen) atoms. The minimum atomic E-state index is -0.173. The molecule has 3 nitrogen and oxygen atoms in total. The summed E-state index contributed by atoms with van der Waals surface area (Å²) in [6.07, 6.45) is 1.04. The van der Waals surface area contributed by atoms with E-state index in [1.165, 1.54) is 0 Å². The van der Waals surface area contributed by atoms with Gasteiger partial charge in [0.2, 0.25) is 0 Å². The van der Waals surface area contributed by atoms with Crippen molar-refractivity contribution in [2.24, 2.45) is 0 Å². The lowest BCUT2D eigenvalue weighted by Crippen LogP contribution is -2.05. The Morgan fingerprint density at radius 1 is 1.21 bits per heavy atom. The molecule has 0 bridgehead atoms. The summed E-state index contributed by atoms with van der Waals surface area (Å²) >= 11 is 0. The molecular weight excluding hydrogens is 238 g/mol.